The van der Waals surface area contributed by atoms with Gasteiger partial charge in [-0.2, -0.15) is 0 Å². The topological polar surface area (TPSA) is 68.7 Å². The highest BCUT2D eigenvalue weighted by Gasteiger charge is 2.12. The molecule has 1 heterocycles. The summed E-state index contributed by atoms with van der Waals surface area (Å²) in [7, 11) is 1.63. The van der Waals surface area contributed by atoms with Crippen LogP contribution in [0, 0.1) is 0 Å². The van der Waals surface area contributed by atoms with Crippen LogP contribution in [0.2, 0.25) is 0 Å². The molecule has 0 fully saturated rings. The fourth-order valence-electron chi connectivity index (χ4n) is 2.91. The smallest absolute Gasteiger partial charge is 0.335 e. The zero-order chi connectivity index (χ0) is 19.9. The first kappa shape index (κ1) is 19.6. The van der Waals surface area contributed by atoms with Crippen molar-refractivity contribution in [3.8, 4) is 28.1 Å². The summed E-state index contributed by atoms with van der Waals surface area (Å²) in [5.41, 5.74) is 4.85. The van der Waals surface area contributed by atoms with Crippen LogP contribution in [0.3, 0.4) is 0 Å². The molecule has 0 aliphatic carbocycles. The largest absolute Gasteiger partial charge is 0.497 e. The van der Waals surface area contributed by atoms with Crippen LogP contribution in [0.15, 0.2) is 60.8 Å². The first-order chi connectivity index (χ1) is 13.6. The van der Waals surface area contributed by atoms with Gasteiger partial charge in [0.25, 0.3) is 0 Å². The Labute approximate surface area is 164 Å². The molecule has 1 N–H and O–H groups in total. The zero-order valence-electron chi connectivity index (χ0n) is 16.0. The highest BCUT2D eigenvalue weighted by molar-refractivity contribution is 5.89. The van der Waals surface area contributed by atoms with E-state index >= 15 is 0 Å². The van der Waals surface area contributed by atoms with Gasteiger partial charge in [-0.1, -0.05) is 19.1 Å². The van der Waals surface area contributed by atoms with Crippen LogP contribution in [0.5, 0.6) is 5.75 Å². The Morgan fingerprint density at radius 2 is 1.71 bits per heavy atom. The van der Waals surface area contributed by atoms with E-state index in [-0.39, 0.29) is 5.56 Å². The Morgan fingerprint density at radius 1 is 1.04 bits per heavy atom. The summed E-state index contributed by atoms with van der Waals surface area (Å²) in [6.07, 6.45) is 2.78. The second-order valence-corrected chi connectivity index (χ2v) is 6.40. The van der Waals surface area contributed by atoms with Crippen molar-refractivity contribution in [1.29, 1.82) is 0 Å². The van der Waals surface area contributed by atoms with Crippen LogP contribution in [0.4, 0.5) is 0 Å². The number of benzene rings is 2. The van der Waals surface area contributed by atoms with Crippen molar-refractivity contribution in [2.45, 2.75) is 20.0 Å². The Hall–Kier alpha value is -3.18. The van der Waals surface area contributed by atoms with E-state index in [4.69, 9.17) is 14.6 Å². The second kappa shape index (κ2) is 9.15. The standard InChI is InChI=1S/C23H23NO4/c1-3-12-28-15-16-13-21(17-4-6-19(7-5-17)23(25)26)22(24-14-16)18-8-10-20(27-2)11-9-18/h4-11,13-14H,3,12,15H2,1-2H3,(H,25,26). The van der Waals surface area contributed by atoms with E-state index in [1.807, 2.05) is 42.6 Å². The molecule has 3 rings (SSSR count). The van der Waals surface area contributed by atoms with Gasteiger partial charge in [-0.3, -0.25) is 4.98 Å². The molecule has 0 saturated heterocycles. The fraction of sp³-hybridized carbons (Fsp3) is 0.217. The molecule has 144 valence electrons. The highest BCUT2D eigenvalue weighted by atomic mass is 16.5. The molecule has 5 heteroatoms. The van der Waals surface area contributed by atoms with E-state index < -0.39 is 5.97 Å². The molecular formula is C23H23NO4. The van der Waals surface area contributed by atoms with Crippen molar-refractivity contribution in [2.24, 2.45) is 0 Å². The lowest BCUT2D eigenvalue weighted by Gasteiger charge is -2.13. The van der Waals surface area contributed by atoms with E-state index in [1.54, 1.807) is 19.2 Å². The summed E-state index contributed by atoms with van der Waals surface area (Å²) in [6.45, 7) is 3.26. The molecule has 0 unspecified atom stereocenters. The van der Waals surface area contributed by atoms with E-state index in [0.29, 0.717) is 13.2 Å². The number of hydrogen-bond donors (Lipinski definition) is 1. The Morgan fingerprint density at radius 3 is 2.32 bits per heavy atom. The minimum atomic E-state index is -0.943. The normalized spacial score (nSPS) is 10.6. The summed E-state index contributed by atoms with van der Waals surface area (Å²) in [4.78, 5) is 15.8. The molecule has 0 aliphatic rings. The lowest BCUT2D eigenvalue weighted by molar-refractivity contribution is 0.0697. The fourth-order valence-corrected chi connectivity index (χ4v) is 2.91. The van der Waals surface area contributed by atoms with Gasteiger partial charge in [-0.15, -0.1) is 0 Å². The van der Waals surface area contributed by atoms with Crippen molar-refractivity contribution in [3.05, 3.63) is 71.9 Å². The van der Waals surface area contributed by atoms with Gasteiger partial charge in [0.2, 0.25) is 0 Å². The zero-order valence-corrected chi connectivity index (χ0v) is 16.0. The highest BCUT2D eigenvalue weighted by Crippen LogP contribution is 2.32. The third-order valence-corrected chi connectivity index (χ3v) is 4.37. The summed E-state index contributed by atoms with van der Waals surface area (Å²) >= 11 is 0. The summed E-state index contributed by atoms with van der Waals surface area (Å²) in [5.74, 6) is -0.164. The van der Waals surface area contributed by atoms with Gasteiger partial charge in [0, 0.05) is 23.9 Å². The molecule has 0 amide bonds. The van der Waals surface area contributed by atoms with E-state index in [1.165, 1.54) is 0 Å². The van der Waals surface area contributed by atoms with Gasteiger partial charge >= 0.3 is 5.97 Å². The number of methoxy groups -OCH3 is 1. The number of carbonyl (C=O) groups is 1. The van der Waals surface area contributed by atoms with Crippen molar-refractivity contribution in [1.82, 2.24) is 4.98 Å². The van der Waals surface area contributed by atoms with Gasteiger partial charge in [-0.05, 0) is 60.0 Å². The van der Waals surface area contributed by atoms with Crippen LogP contribution < -0.4 is 4.74 Å². The number of nitrogens with zero attached hydrogens (tertiary/aromatic N) is 1. The third kappa shape index (κ3) is 4.56. The van der Waals surface area contributed by atoms with Crippen LogP contribution in [0.1, 0.15) is 29.3 Å². The predicted octanol–water partition coefficient (Wildman–Crippen LogP) is 5.05. The molecule has 0 atom stereocenters. The number of pyridine rings is 1. The maximum Gasteiger partial charge on any atom is 0.335 e. The molecule has 5 nitrogen and oxygen atoms in total. The lowest BCUT2D eigenvalue weighted by Crippen LogP contribution is -1.99. The molecular weight excluding hydrogens is 354 g/mol. The Bertz CT molecular complexity index is 934. The molecule has 1 aromatic heterocycles. The molecule has 28 heavy (non-hydrogen) atoms. The SMILES string of the molecule is CCCOCc1cnc(-c2ccc(OC)cc2)c(-c2ccc(C(=O)O)cc2)c1. The van der Waals surface area contributed by atoms with Crippen LogP contribution in [0.25, 0.3) is 22.4 Å². The van der Waals surface area contributed by atoms with Gasteiger partial charge in [0.15, 0.2) is 0 Å². The third-order valence-electron chi connectivity index (χ3n) is 4.37. The molecule has 0 saturated carbocycles. The van der Waals surface area contributed by atoms with Gasteiger partial charge in [0.05, 0.1) is 25.0 Å². The van der Waals surface area contributed by atoms with Crippen LogP contribution in [-0.4, -0.2) is 29.8 Å². The summed E-state index contributed by atoms with van der Waals surface area (Å²) in [6, 6.07) is 16.6. The van der Waals surface area contributed by atoms with Gasteiger partial charge in [0.1, 0.15) is 5.75 Å². The average molecular weight is 377 g/mol. The van der Waals surface area contributed by atoms with E-state index in [9.17, 15) is 4.79 Å². The van der Waals surface area contributed by atoms with E-state index in [2.05, 4.69) is 18.0 Å². The summed E-state index contributed by atoms with van der Waals surface area (Å²) in [5, 5.41) is 9.15. The van der Waals surface area contributed by atoms with Crippen molar-refractivity contribution in [2.75, 3.05) is 13.7 Å². The van der Waals surface area contributed by atoms with Crippen molar-refractivity contribution < 1.29 is 19.4 Å². The quantitative estimate of drug-likeness (QED) is 0.557. The maximum absolute atomic E-state index is 11.2. The van der Waals surface area contributed by atoms with Crippen LogP contribution in [-0.2, 0) is 11.3 Å². The number of rotatable bonds is 8. The minimum absolute atomic E-state index is 0.255. The molecule has 3 aromatic rings. The number of aromatic carboxylic acids is 1. The Balaban J connectivity index is 2.03. The molecule has 0 bridgehead atoms. The number of carboxylic acids is 1. The molecule has 2 aromatic carbocycles. The van der Waals surface area contributed by atoms with E-state index in [0.717, 1.165) is 40.1 Å². The lowest BCUT2D eigenvalue weighted by atomic mass is 9.97. The molecule has 0 spiro atoms. The summed E-state index contributed by atoms with van der Waals surface area (Å²) < 4.78 is 10.9. The first-order valence-corrected chi connectivity index (χ1v) is 9.17. The Kier molecular flexibility index (Phi) is 6.40. The number of carboxylic acid groups (broad SMARTS) is 1. The predicted molar refractivity (Wildman–Crippen MR) is 109 cm³/mol. The second-order valence-electron chi connectivity index (χ2n) is 6.40. The van der Waals surface area contributed by atoms with Crippen LogP contribution >= 0.6 is 0 Å². The number of aromatic nitrogens is 1. The first-order valence-electron chi connectivity index (χ1n) is 9.17. The van der Waals surface area contributed by atoms with Crippen molar-refractivity contribution in [3.63, 3.8) is 0 Å². The average Bonchev–Trinajstić information content (AvgIpc) is 2.74. The van der Waals surface area contributed by atoms with Gasteiger partial charge in [-0.25, -0.2) is 4.79 Å². The minimum Gasteiger partial charge on any atom is -0.497 e. The molecule has 0 aliphatic heterocycles. The monoisotopic (exact) mass is 377 g/mol. The number of hydrogen-bond acceptors (Lipinski definition) is 4. The number of ether oxygens (including phenoxy) is 2. The molecule has 0 radical (unpaired) electrons. The van der Waals surface area contributed by atoms with Gasteiger partial charge < -0.3 is 14.6 Å². The maximum atomic E-state index is 11.2. The van der Waals surface area contributed by atoms with Crippen molar-refractivity contribution >= 4 is 5.97 Å².